The van der Waals surface area contributed by atoms with Gasteiger partial charge in [-0.25, -0.2) is 15.0 Å². The molecule has 3 aromatic rings. The molecule has 156 valence electrons. The van der Waals surface area contributed by atoms with Crippen LogP contribution < -0.4 is 15.2 Å². The van der Waals surface area contributed by atoms with Gasteiger partial charge >= 0.3 is 0 Å². The Hall–Kier alpha value is -3.03. The third-order valence-electron chi connectivity index (χ3n) is 5.51. The maximum absolute atomic E-state index is 4.66. The number of hydrazine groups is 1. The van der Waals surface area contributed by atoms with Crippen LogP contribution in [0.3, 0.4) is 0 Å². The Balaban J connectivity index is 1.40. The average Bonchev–Trinajstić information content (AvgIpc) is 2.79. The molecule has 0 saturated carbocycles. The summed E-state index contributed by atoms with van der Waals surface area (Å²) in [4.78, 5) is 18.3. The molecule has 4 rings (SSSR count). The van der Waals surface area contributed by atoms with E-state index in [2.05, 4.69) is 66.6 Å². The summed E-state index contributed by atoms with van der Waals surface area (Å²) in [6.45, 7) is 6.60. The lowest BCUT2D eigenvalue weighted by molar-refractivity contribution is 0.252. The van der Waals surface area contributed by atoms with Crippen molar-refractivity contribution in [3.8, 4) is 11.1 Å². The summed E-state index contributed by atoms with van der Waals surface area (Å²) in [5.74, 6) is 0.801. The third kappa shape index (κ3) is 4.75. The van der Waals surface area contributed by atoms with Crippen molar-refractivity contribution in [1.29, 1.82) is 0 Å². The van der Waals surface area contributed by atoms with Crippen LogP contribution in [0.4, 0.5) is 11.6 Å². The normalized spacial score (nSPS) is 14.4. The van der Waals surface area contributed by atoms with E-state index in [1.165, 1.54) is 11.3 Å². The Kier molecular flexibility index (Phi) is 6.21. The van der Waals surface area contributed by atoms with Crippen LogP contribution in [0.15, 0.2) is 55.0 Å². The first-order valence-corrected chi connectivity index (χ1v) is 10.3. The largest absolute Gasteiger partial charge is 0.368 e. The minimum atomic E-state index is 0.801. The van der Waals surface area contributed by atoms with Crippen LogP contribution in [0.2, 0.25) is 0 Å². The number of hydrogen-bond donors (Lipinski definition) is 1. The Labute approximate surface area is 178 Å². The molecule has 7 nitrogen and oxygen atoms in total. The number of aryl methyl sites for hydroxylation is 1. The van der Waals surface area contributed by atoms with Crippen LogP contribution in [0.25, 0.3) is 11.1 Å². The van der Waals surface area contributed by atoms with Gasteiger partial charge in [0.25, 0.3) is 0 Å². The van der Waals surface area contributed by atoms with E-state index in [1.807, 2.05) is 44.6 Å². The second-order valence-corrected chi connectivity index (χ2v) is 7.68. The van der Waals surface area contributed by atoms with Crippen molar-refractivity contribution in [1.82, 2.24) is 25.4 Å². The highest BCUT2D eigenvalue weighted by Crippen LogP contribution is 2.22. The van der Waals surface area contributed by atoms with Gasteiger partial charge in [0.15, 0.2) is 0 Å². The first-order chi connectivity index (χ1) is 14.6. The van der Waals surface area contributed by atoms with Gasteiger partial charge in [0.1, 0.15) is 0 Å². The molecule has 3 heterocycles. The molecule has 0 radical (unpaired) electrons. The van der Waals surface area contributed by atoms with Crippen molar-refractivity contribution < 1.29 is 0 Å². The smallest absolute Gasteiger partial charge is 0.225 e. The van der Waals surface area contributed by atoms with Gasteiger partial charge in [0, 0.05) is 75.3 Å². The zero-order chi connectivity index (χ0) is 20.9. The highest BCUT2D eigenvalue weighted by atomic mass is 15.5. The molecule has 0 bridgehead atoms. The summed E-state index contributed by atoms with van der Waals surface area (Å²) in [6.07, 6.45) is 5.74. The molecule has 7 heteroatoms. The minimum Gasteiger partial charge on any atom is -0.368 e. The summed E-state index contributed by atoms with van der Waals surface area (Å²) >= 11 is 0. The molecule has 1 aromatic carbocycles. The van der Waals surface area contributed by atoms with E-state index in [1.54, 1.807) is 0 Å². The summed E-state index contributed by atoms with van der Waals surface area (Å²) in [5, 5.41) is 2.05. The molecule has 1 saturated heterocycles. The summed E-state index contributed by atoms with van der Waals surface area (Å²) < 4.78 is 0. The van der Waals surface area contributed by atoms with Crippen LogP contribution in [-0.2, 0) is 6.54 Å². The molecule has 1 N–H and O–H groups in total. The Bertz CT molecular complexity index is 965. The monoisotopic (exact) mass is 403 g/mol. The average molecular weight is 404 g/mol. The van der Waals surface area contributed by atoms with Gasteiger partial charge in [0.2, 0.25) is 5.95 Å². The zero-order valence-corrected chi connectivity index (χ0v) is 17.9. The fourth-order valence-corrected chi connectivity index (χ4v) is 3.73. The zero-order valence-electron chi connectivity index (χ0n) is 17.9. The number of hydrogen-bond acceptors (Lipinski definition) is 7. The van der Waals surface area contributed by atoms with E-state index in [0.29, 0.717) is 0 Å². The van der Waals surface area contributed by atoms with Crippen LogP contribution in [0, 0.1) is 6.92 Å². The van der Waals surface area contributed by atoms with Crippen LogP contribution in [-0.4, -0.2) is 60.2 Å². The predicted octanol–water partition coefficient (Wildman–Crippen LogP) is 2.74. The first-order valence-electron chi connectivity index (χ1n) is 10.3. The topological polar surface area (TPSA) is 60.4 Å². The molecular formula is C23H29N7. The maximum atomic E-state index is 4.66. The Morgan fingerprint density at radius 3 is 2.37 bits per heavy atom. The van der Waals surface area contributed by atoms with E-state index < -0.39 is 0 Å². The number of nitrogens with zero attached hydrogens (tertiary/aromatic N) is 6. The molecule has 0 spiro atoms. The molecule has 0 atom stereocenters. The number of nitrogens with one attached hydrogen (secondary N) is 1. The van der Waals surface area contributed by atoms with E-state index in [9.17, 15) is 0 Å². The van der Waals surface area contributed by atoms with Crippen molar-refractivity contribution >= 4 is 11.6 Å². The van der Waals surface area contributed by atoms with Gasteiger partial charge in [-0.1, -0.05) is 18.2 Å². The highest BCUT2D eigenvalue weighted by Gasteiger charge is 2.19. The lowest BCUT2D eigenvalue weighted by atomic mass is 10.1. The number of piperazine rings is 1. The second kappa shape index (κ2) is 9.19. The molecule has 30 heavy (non-hydrogen) atoms. The number of aromatic nitrogens is 3. The molecule has 1 fully saturated rings. The predicted molar refractivity (Wildman–Crippen MR) is 121 cm³/mol. The van der Waals surface area contributed by atoms with E-state index >= 15 is 0 Å². The summed E-state index contributed by atoms with van der Waals surface area (Å²) in [7, 11) is 3.95. The summed E-state index contributed by atoms with van der Waals surface area (Å²) in [6, 6.07) is 12.7. The molecule has 2 aromatic heterocycles. The number of anilines is 2. The standard InChI is InChI=1S/C23H29N7/c1-18-13-22(7-8-25-18)29-9-11-30(12-10-29)23-26-15-21(16-27-23)20-6-4-5-19(14-20)17-28(3)24-2/h4-8,13-16,24H,9-12,17H2,1-3H3. The Morgan fingerprint density at radius 1 is 0.933 bits per heavy atom. The fourth-order valence-electron chi connectivity index (χ4n) is 3.73. The molecule has 0 unspecified atom stereocenters. The molecule has 1 aliphatic heterocycles. The van der Waals surface area contributed by atoms with E-state index in [4.69, 9.17) is 0 Å². The SMILES string of the molecule is CNN(C)Cc1cccc(-c2cnc(N3CCN(c4ccnc(C)c4)CC3)nc2)c1. The number of benzene rings is 1. The molecule has 0 aliphatic carbocycles. The lowest BCUT2D eigenvalue weighted by Gasteiger charge is -2.36. The van der Waals surface area contributed by atoms with Gasteiger partial charge in [-0.15, -0.1) is 0 Å². The first kappa shape index (κ1) is 20.3. The highest BCUT2D eigenvalue weighted by molar-refractivity contribution is 5.63. The fraction of sp³-hybridized carbons (Fsp3) is 0.348. The summed E-state index contributed by atoms with van der Waals surface area (Å²) in [5.41, 5.74) is 8.85. The molecule has 1 aliphatic rings. The van der Waals surface area contributed by atoms with Crippen LogP contribution >= 0.6 is 0 Å². The van der Waals surface area contributed by atoms with Crippen LogP contribution in [0.5, 0.6) is 0 Å². The number of rotatable bonds is 6. The van der Waals surface area contributed by atoms with Gasteiger partial charge in [0.05, 0.1) is 0 Å². The van der Waals surface area contributed by atoms with Crippen molar-refractivity contribution in [3.63, 3.8) is 0 Å². The van der Waals surface area contributed by atoms with Crippen molar-refractivity contribution in [2.45, 2.75) is 13.5 Å². The quantitative estimate of drug-likeness (QED) is 0.635. The van der Waals surface area contributed by atoms with Crippen LogP contribution in [0.1, 0.15) is 11.3 Å². The maximum Gasteiger partial charge on any atom is 0.225 e. The van der Waals surface area contributed by atoms with Crippen molar-refractivity contribution in [3.05, 3.63) is 66.2 Å². The lowest BCUT2D eigenvalue weighted by Crippen LogP contribution is -2.47. The van der Waals surface area contributed by atoms with Crippen molar-refractivity contribution in [2.75, 3.05) is 50.1 Å². The van der Waals surface area contributed by atoms with Gasteiger partial charge in [-0.3, -0.25) is 10.4 Å². The van der Waals surface area contributed by atoms with Crippen molar-refractivity contribution in [2.24, 2.45) is 0 Å². The second-order valence-electron chi connectivity index (χ2n) is 7.68. The Morgan fingerprint density at radius 2 is 1.67 bits per heavy atom. The van der Waals surface area contributed by atoms with Gasteiger partial charge in [-0.05, 0) is 43.3 Å². The molecule has 0 amide bonds. The number of pyridine rings is 1. The van der Waals surface area contributed by atoms with E-state index in [0.717, 1.165) is 55.5 Å². The third-order valence-corrected chi connectivity index (χ3v) is 5.51. The van der Waals surface area contributed by atoms with Gasteiger partial charge in [-0.2, -0.15) is 0 Å². The molecular weight excluding hydrogens is 374 g/mol. The van der Waals surface area contributed by atoms with E-state index in [-0.39, 0.29) is 0 Å². The minimum absolute atomic E-state index is 0.801. The van der Waals surface area contributed by atoms with Gasteiger partial charge < -0.3 is 9.80 Å².